The third kappa shape index (κ3) is 4.27. The molecule has 0 aromatic heterocycles. The van der Waals surface area contributed by atoms with Gasteiger partial charge < -0.3 is 14.8 Å². The number of benzene rings is 4. The van der Waals surface area contributed by atoms with E-state index in [-0.39, 0.29) is 17.1 Å². The van der Waals surface area contributed by atoms with E-state index in [2.05, 4.69) is 55.6 Å². The minimum Gasteiger partial charge on any atom is -0.493 e. The zero-order chi connectivity index (χ0) is 25.6. The molecule has 0 radical (unpaired) electrons. The number of nitrogens with one attached hydrogen (secondary N) is 1. The number of hydrogen-bond acceptors (Lipinski definition) is 4. The van der Waals surface area contributed by atoms with Gasteiger partial charge in [0.1, 0.15) is 6.61 Å². The van der Waals surface area contributed by atoms with Gasteiger partial charge in [0.15, 0.2) is 17.3 Å². The van der Waals surface area contributed by atoms with E-state index >= 15 is 0 Å². The van der Waals surface area contributed by atoms with Crippen LogP contribution < -0.4 is 14.8 Å². The van der Waals surface area contributed by atoms with E-state index in [0.717, 1.165) is 34.5 Å². The number of allylic oxidation sites excluding steroid dienone is 1. The van der Waals surface area contributed by atoms with E-state index in [9.17, 15) is 4.79 Å². The molecule has 1 heterocycles. The highest BCUT2D eigenvalue weighted by atomic mass is 16.5. The molecule has 1 N–H and O–H groups in total. The second kappa shape index (κ2) is 9.11. The molecule has 2 aliphatic rings. The minimum atomic E-state index is -0.0608. The van der Waals surface area contributed by atoms with Gasteiger partial charge in [-0.3, -0.25) is 4.79 Å². The molecule has 0 unspecified atom stereocenters. The molecule has 0 amide bonds. The van der Waals surface area contributed by atoms with Crippen LogP contribution in [0.5, 0.6) is 11.5 Å². The molecule has 4 aromatic rings. The Morgan fingerprint density at radius 1 is 0.919 bits per heavy atom. The Bertz CT molecular complexity index is 1530. The van der Waals surface area contributed by atoms with E-state index < -0.39 is 0 Å². The molecule has 1 aliphatic carbocycles. The van der Waals surface area contributed by atoms with Crippen LogP contribution in [0.2, 0.25) is 0 Å². The Kier molecular flexibility index (Phi) is 5.75. The Morgan fingerprint density at radius 2 is 1.70 bits per heavy atom. The van der Waals surface area contributed by atoms with Gasteiger partial charge in [-0.1, -0.05) is 74.5 Å². The number of ketones is 1. The number of Topliss-reactive ketones (excluding diaryl/α,β-unsaturated/α-hetero) is 1. The second-order valence-electron chi connectivity index (χ2n) is 10.8. The fourth-order valence-corrected chi connectivity index (χ4v) is 5.90. The maximum atomic E-state index is 13.7. The maximum Gasteiger partial charge on any atom is 0.162 e. The number of methoxy groups -OCH3 is 1. The molecule has 4 aromatic carbocycles. The molecular formula is C33H31NO3. The molecule has 4 heteroatoms. The standard InChI is InChI=1S/C33H31NO3/c1-33(2)18-25-30-24-12-8-7-11-22(24)13-15-26(30)34-32(31(25)27(35)19-33)23-14-16-28(29(17-23)36-3)37-20-21-9-5-4-6-10-21/h4-17,25,34H,18-20H2,1-3H3/t25-/m0/s1. The Labute approximate surface area is 217 Å². The Balaban J connectivity index is 1.44. The number of ether oxygens (including phenoxy) is 2. The fourth-order valence-electron chi connectivity index (χ4n) is 5.90. The van der Waals surface area contributed by atoms with Gasteiger partial charge in [0, 0.05) is 29.2 Å². The molecule has 1 atom stereocenters. The topological polar surface area (TPSA) is 47.6 Å². The third-order valence-electron chi connectivity index (χ3n) is 7.58. The number of anilines is 1. The lowest BCUT2D eigenvalue weighted by Crippen LogP contribution is -2.34. The fraction of sp³-hybridized carbons (Fsp3) is 0.242. The number of rotatable bonds is 5. The monoisotopic (exact) mass is 489 g/mol. The van der Waals surface area contributed by atoms with E-state index in [1.165, 1.54) is 16.3 Å². The molecule has 1 aliphatic heterocycles. The van der Waals surface area contributed by atoms with Gasteiger partial charge in [-0.15, -0.1) is 0 Å². The van der Waals surface area contributed by atoms with Gasteiger partial charge in [0.2, 0.25) is 0 Å². The van der Waals surface area contributed by atoms with E-state index in [4.69, 9.17) is 9.47 Å². The molecular weight excluding hydrogens is 458 g/mol. The van der Waals surface area contributed by atoms with Crippen LogP contribution in [-0.4, -0.2) is 12.9 Å². The number of hydrogen-bond donors (Lipinski definition) is 1. The third-order valence-corrected chi connectivity index (χ3v) is 7.58. The average Bonchev–Trinajstić information content (AvgIpc) is 2.91. The lowest BCUT2D eigenvalue weighted by Gasteiger charge is -2.41. The summed E-state index contributed by atoms with van der Waals surface area (Å²) in [6.45, 7) is 4.87. The van der Waals surface area contributed by atoms with E-state index in [1.54, 1.807) is 7.11 Å². The Hall–Kier alpha value is -4.05. The van der Waals surface area contributed by atoms with Gasteiger partial charge in [-0.05, 0) is 58.0 Å². The molecule has 186 valence electrons. The molecule has 1 fully saturated rings. The normalized spacial score (nSPS) is 18.1. The van der Waals surface area contributed by atoms with Crippen LogP contribution >= 0.6 is 0 Å². The highest BCUT2D eigenvalue weighted by Gasteiger charge is 2.42. The molecule has 0 spiro atoms. The zero-order valence-electron chi connectivity index (χ0n) is 21.5. The summed E-state index contributed by atoms with van der Waals surface area (Å²) in [5, 5.41) is 6.06. The van der Waals surface area contributed by atoms with Crippen molar-refractivity contribution in [3.05, 3.63) is 107 Å². The van der Waals surface area contributed by atoms with Crippen LogP contribution in [0.1, 0.15) is 49.3 Å². The summed E-state index contributed by atoms with van der Waals surface area (Å²) >= 11 is 0. The van der Waals surface area contributed by atoms with Crippen molar-refractivity contribution in [3.63, 3.8) is 0 Å². The molecule has 6 rings (SSSR count). The average molecular weight is 490 g/mol. The molecule has 4 nitrogen and oxygen atoms in total. The predicted octanol–water partition coefficient (Wildman–Crippen LogP) is 7.74. The van der Waals surface area contributed by atoms with Crippen molar-refractivity contribution in [2.45, 2.75) is 39.2 Å². The summed E-state index contributed by atoms with van der Waals surface area (Å²) < 4.78 is 11.8. The largest absolute Gasteiger partial charge is 0.493 e. The smallest absolute Gasteiger partial charge is 0.162 e. The van der Waals surface area contributed by atoms with Crippen molar-refractivity contribution in [1.29, 1.82) is 0 Å². The summed E-state index contributed by atoms with van der Waals surface area (Å²) in [6.07, 6.45) is 1.47. The Morgan fingerprint density at radius 3 is 2.51 bits per heavy atom. The van der Waals surface area contributed by atoms with Crippen LogP contribution in [0.4, 0.5) is 5.69 Å². The summed E-state index contributed by atoms with van der Waals surface area (Å²) in [7, 11) is 1.65. The first kappa shape index (κ1) is 23.4. The maximum absolute atomic E-state index is 13.7. The quantitative estimate of drug-likeness (QED) is 0.311. The van der Waals surface area contributed by atoms with Gasteiger partial charge in [-0.2, -0.15) is 0 Å². The van der Waals surface area contributed by atoms with Crippen molar-refractivity contribution < 1.29 is 14.3 Å². The van der Waals surface area contributed by atoms with Gasteiger partial charge in [0.25, 0.3) is 0 Å². The highest BCUT2D eigenvalue weighted by Crippen LogP contribution is 2.53. The van der Waals surface area contributed by atoms with Crippen molar-refractivity contribution in [1.82, 2.24) is 0 Å². The molecule has 37 heavy (non-hydrogen) atoms. The van der Waals surface area contributed by atoms with Gasteiger partial charge in [0.05, 0.1) is 12.8 Å². The first-order valence-corrected chi connectivity index (χ1v) is 12.8. The first-order chi connectivity index (χ1) is 17.9. The van der Waals surface area contributed by atoms with E-state index in [1.807, 2.05) is 48.5 Å². The number of carbonyl (C=O) groups excluding carboxylic acids is 1. The van der Waals surface area contributed by atoms with Crippen LogP contribution in [0.25, 0.3) is 16.5 Å². The summed E-state index contributed by atoms with van der Waals surface area (Å²) in [5.74, 6) is 1.57. The number of fused-ring (bicyclic) bond motifs is 5. The highest BCUT2D eigenvalue weighted by molar-refractivity contribution is 6.10. The lowest BCUT2D eigenvalue weighted by atomic mass is 9.64. The summed E-state index contributed by atoms with van der Waals surface area (Å²) in [6, 6.07) is 28.8. The van der Waals surface area contributed by atoms with Crippen LogP contribution in [0, 0.1) is 5.41 Å². The molecule has 1 saturated carbocycles. The lowest BCUT2D eigenvalue weighted by molar-refractivity contribution is -0.119. The molecule has 0 bridgehead atoms. The SMILES string of the molecule is COc1cc(C2=C3C(=O)CC(C)(C)C[C@H]3c3c(ccc4ccccc34)N2)ccc1OCc1ccccc1. The first-order valence-electron chi connectivity index (χ1n) is 12.8. The summed E-state index contributed by atoms with van der Waals surface area (Å²) in [5.41, 5.74) is 6.01. The van der Waals surface area contributed by atoms with E-state index in [0.29, 0.717) is 24.5 Å². The second-order valence-corrected chi connectivity index (χ2v) is 10.8. The van der Waals surface area contributed by atoms with Crippen LogP contribution in [0.3, 0.4) is 0 Å². The van der Waals surface area contributed by atoms with Crippen molar-refractivity contribution in [2.75, 3.05) is 12.4 Å². The van der Waals surface area contributed by atoms with Gasteiger partial charge >= 0.3 is 0 Å². The molecule has 0 saturated heterocycles. The van der Waals surface area contributed by atoms with Gasteiger partial charge in [-0.25, -0.2) is 0 Å². The minimum absolute atomic E-state index is 0.0357. The predicted molar refractivity (Wildman–Crippen MR) is 149 cm³/mol. The summed E-state index contributed by atoms with van der Waals surface area (Å²) in [4.78, 5) is 13.7. The van der Waals surface area contributed by atoms with Crippen molar-refractivity contribution >= 4 is 27.9 Å². The van der Waals surface area contributed by atoms with Crippen LogP contribution in [-0.2, 0) is 11.4 Å². The van der Waals surface area contributed by atoms with Crippen molar-refractivity contribution in [3.8, 4) is 11.5 Å². The van der Waals surface area contributed by atoms with Crippen LogP contribution in [0.15, 0.2) is 90.5 Å². The number of carbonyl (C=O) groups is 1. The zero-order valence-corrected chi connectivity index (χ0v) is 21.5. The van der Waals surface area contributed by atoms with Crippen molar-refractivity contribution in [2.24, 2.45) is 5.41 Å².